The van der Waals surface area contributed by atoms with E-state index < -0.39 is 0 Å². The molecule has 0 unspecified atom stereocenters. The summed E-state index contributed by atoms with van der Waals surface area (Å²) in [6, 6.07) is 5.61. The zero-order valence-corrected chi connectivity index (χ0v) is 14.6. The summed E-state index contributed by atoms with van der Waals surface area (Å²) < 4.78 is 11.4. The number of carbonyl (C=O) groups is 1. The van der Waals surface area contributed by atoms with Crippen LogP contribution in [-0.4, -0.2) is 35.5 Å². The van der Waals surface area contributed by atoms with Gasteiger partial charge in [0.15, 0.2) is 5.76 Å². The number of pyridine rings is 1. The van der Waals surface area contributed by atoms with Crippen molar-refractivity contribution in [2.75, 3.05) is 19.7 Å². The highest BCUT2D eigenvalue weighted by molar-refractivity contribution is 5.91. The smallest absolute Gasteiger partial charge is 0.289 e. The SMILES string of the molecule is Cc1cncc(COC[C@]23CCC[C@H]2CN(C(=O)c2ccco2)C3)c1. The zero-order valence-electron chi connectivity index (χ0n) is 14.6. The molecule has 2 aromatic rings. The van der Waals surface area contributed by atoms with E-state index in [1.807, 2.05) is 24.2 Å². The van der Waals surface area contributed by atoms with Crippen molar-refractivity contribution >= 4 is 5.91 Å². The maximum atomic E-state index is 12.6. The number of aryl methyl sites for hydroxylation is 1. The first-order valence-corrected chi connectivity index (χ1v) is 8.97. The number of carbonyl (C=O) groups excluding carboxylic acids is 1. The zero-order chi connectivity index (χ0) is 17.3. The van der Waals surface area contributed by atoms with Crippen LogP contribution in [0.4, 0.5) is 0 Å². The second-order valence-electron chi connectivity index (χ2n) is 7.48. The number of ether oxygens (including phenoxy) is 1. The fourth-order valence-corrected chi connectivity index (χ4v) is 4.43. The third kappa shape index (κ3) is 3.21. The molecule has 2 fully saturated rings. The molecule has 1 aliphatic carbocycles. The topological polar surface area (TPSA) is 55.6 Å². The van der Waals surface area contributed by atoms with Gasteiger partial charge in [0.25, 0.3) is 5.91 Å². The van der Waals surface area contributed by atoms with E-state index in [9.17, 15) is 4.79 Å². The van der Waals surface area contributed by atoms with Gasteiger partial charge in [0, 0.05) is 30.9 Å². The van der Waals surface area contributed by atoms with Crippen molar-refractivity contribution in [2.24, 2.45) is 11.3 Å². The van der Waals surface area contributed by atoms with Gasteiger partial charge in [-0.1, -0.05) is 12.5 Å². The van der Waals surface area contributed by atoms with Crippen molar-refractivity contribution in [3.8, 4) is 0 Å². The van der Waals surface area contributed by atoms with Crippen LogP contribution in [-0.2, 0) is 11.3 Å². The van der Waals surface area contributed by atoms with E-state index in [2.05, 4.69) is 11.1 Å². The second kappa shape index (κ2) is 6.64. The number of fused-ring (bicyclic) bond motifs is 1. The lowest BCUT2D eigenvalue weighted by molar-refractivity contribution is 0.0262. The first kappa shape index (κ1) is 16.3. The first-order chi connectivity index (χ1) is 12.2. The van der Waals surface area contributed by atoms with Gasteiger partial charge in [0.1, 0.15) is 0 Å². The Morgan fingerprint density at radius 3 is 3.20 bits per heavy atom. The van der Waals surface area contributed by atoms with E-state index in [4.69, 9.17) is 9.15 Å². The van der Waals surface area contributed by atoms with Crippen molar-refractivity contribution < 1.29 is 13.9 Å². The summed E-state index contributed by atoms with van der Waals surface area (Å²) in [5.74, 6) is 0.964. The molecular formula is C20H24N2O3. The Balaban J connectivity index is 1.40. The minimum Gasteiger partial charge on any atom is -0.459 e. The molecular weight excluding hydrogens is 316 g/mol. The molecule has 0 bridgehead atoms. The second-order valence-corrected chi connectivity index (χ2v) is 7.48. The van der Waals surface area contributed by atoms with Gasteiger partial charge in [-0.2, -0.15) is 0 Å². The molecule has 2 atom stereocenters. The minimum atomic E-state index is 0.00154. The van der Waals surface area contributed by atoms with Crippen LogP contribution < -0.4 is 0 Å². The van der Waals surface area contributed by atoms with Crippen molar-refractivity contribution in [3.63, 3.8) is 0 Å². The van der Waals surface area contributed by atoms with Gasteiger partial charge in [-0.25, -0.2) is 0 Å². The molecule has 0 spiro atoms. The van der Waals surface area contributed by atoms with Gasteiger partial charge in [-0.3, -0.25) is 9.78 Å². The maximum Gasteiger partial charge on any atom is 0.289 e. The molecule has 25 heavy (non-hydrogen) atoms. The Morgan fingerprint density at radius 2 is 2.40 bits per heavy atom. The molecule has 0 radical (unpaired) electrons. The van der Waals surface area contributed by atoms with Crippen LogP contribution in [0.15, 0.2) is 41.3 Å². The molecule has 1 aliphatic heterocycles. The van der Waals surface area contributed by atoms with E-state index in [0.717, 1.165) is 30.6 Å². The Labute approximate surface area is 148 Å². The number of rotatable bonds is 5. The van der Waals surface area contributed by atoms with Gasteiger partial charge < -0.3 is 14.1 Å². The Hall–Kier alpha value is -2.14. The third-order valence-corrected chi connectivity index (χ3v) is 5.65. The lowest BCUT2D eigenvalue weighted by Gasteiger charge is -2.28. The summed E-state index contributed by atoms with van der Waals surface area (Å²) in [4.78, 5) is 18.8. The molecule has 5 nitrogen and oxygen atoms in total. The summed E-state index contributed by atoms with van der Waals surface area (Å²) in [5, 5.41) is 0. The molecule has 1 amide bonds. The van der Waals surface area contributed by atoms with Gasteiger partial charge in [0.2, 0.25) is 0 Å². The third-order valence-electron chi connectivity index (χ3n) is 5.65. The molecule has 1 saturated carbocycles. The number of nitrogens with zero attached hydrogens (tertiary/aromatic N) is 2. The Morgan fingerprint density at radius 1 is 1.48 bits per heavy atom. The van der Waals surface area contributed by atoms with Crippen LogP contribution in [0.2, 0.25) is 0 Å². The quantitative estimate of drug-likeness (QED) is 0.837. The molecule has 2 aliphatic rings. The Kier molecular flexibility index (Phi) is 4.34. The predicted molar refractivity (Wildman–Crippen MR) is 93.0 cm³/mol. The van der Waals surface area contributed by atoms with Gasteiger partial charge in [0.05, 0.1) is 19.5 Å². The summed E-state index contributed by atoms with van der Waals surface area (Å²) >= 11 is 0. The lowest BCUT2D eigenvalue weighted by Crippen LogP contribution is -2.34. The minimum absolute atomic E-state index is 0.00154. The van der Waals surface area contributed by atoms with Crippen LogP contribution in [0.25, 0.3) is 0 Å². The molecule has 0 N–H and O–H groups in total. The van der Waals surface area contributed by atoms with Crippen molar-refractivity contribution in [3.05, 3.63) is 53.7 Å². The van der Waals surface area contributed by atoms with E-state index >= 15 is 0 Å². The number of hydrogen-bond acceptors (Lipinski definition) is 4. The van der Waals surface area contributed by atoms with Crippen LogP contribution in [0.1, 0.15) is 40.9 Å². The molecule has 4 rings (SSSR count). The van der Waals surface area contributed by atoms with E-state index in [-0.39, 0.29) is 11.3 Å². The molecule has 132 valence electrons. The van der Waals surface area contributed by atoms with Crippen LogP contribution in [0.5, 0.6) is 0 Å². The van der Waals surface area contributed by atoms with Gasteiger partial charge >= 0.3 is 0 Å². The number of aromatic nitrogens is 1. The highest BCUT2D eigenvalue weighted by atomic mass is 16.5. The Bertz CT molecular complexity index is 743. The number of likely N-dealkylation sites (tertiary alicyclic amines) is 1. The number of amides is 1. The van der Waals surface area contributed by atoms with Crippen molar-refractivity contribution in [1.82, 2.24) is 9.88 Å². The lowest BCUT2D eigenvalue weighted by atomic mass is 9.81. The summed E-state index contributed by atoms with van der Waals surface area (Å²) in [7, 11) is 0. The van der Waals surface area contributed by atoms with E-state index in [1.54, 1.807) is 18.4 Å². The fourth-order valence-electron chi connectivity index (χ4n) is 4.43. The standard InChI is InChI=1S/C20H24N2O3/c1-15-8-16(10-21-9-15)12-24-14-20-6-2-4-17(20)11-22(13-20)19(23)18-5-3-7-25-18/h3,5,7-10,17H,2,4,6,11-14H2,1H3/t17-,20+/m0/s1. The average molecular weight is 340 g/mol. The summed E-state index contributed by atoms with van der Waals surface area (Å²) in [6.45, 7) is 4.90. The van der Waals surface area contributed by atoms with Crippen molar-refractivity contribution in [1.29, 1.82) is 0 Å². The largest absolute Gasteiger partial charge is 0.459 e. The van der Waals surface area contributed by atoms with E-state index in [0.29, 0.717) is 24.9 Å². The highest BCUT2D eigenvalue weighted by Gasteiger charge is 2.51. The van der Waals surface area contributed by atoms with Crippen LogP contribution in [0, 0.1) is 18.3 Å². The molecule has 1 saturated heterocycles. The molecule has 0 aromatic carbocycles. The number of hydrogen-bond donors (Lipinski definition) is 0. The predicted octanol–water partition coefficient (Wildman–Crippen LogP) is 3.44. The highest BCUT2D eigenvalue weighted by Crippen LogP contribution is 2.49. The normalized spacial score (nSPS) is 25.3. The van der Waals surface area contributed by atoms with Crippen LogP contribution in [0.3, 0.4) is 0 Å². The van der Waals surface area contributed by atoms with Crippen LogP contribution >= 0.6 is 0 Å². The van der Waals surface area contributed by atoms with Crippen molar-refractivity contribution in [2.45, 2.75) is 32.8 Å². The fraction of sp³-hybridized carbons (Fsp3) is 0.500. The van der Waals surface area contributed by atoms with E-state index in [1.165, 1.54) is 12.8 Å². The summed E-state index contributed by atoms with van der Waals surface area (Å²) in [6.07, 6.45) is 8.80. The maximum absolute atomic E-state index is 12.6. The molecule has 5 heteroatoms. The molecule has 3 heterocycles. The van der Waals surface area contributed by atoms with Gasteiger partial charge in [-0.05, 0) is 48.9 Å². The number of furan rings is 1. The van der Waals surface area contributed by atoms with Gasteiger partial charge in [-0.15, -0.1) is 0 Å². The monoisotopic (exact) mass is 340 g/mol. The average Bonchev–Trinajstić information content (AvgIpc) is 3.30. The molecule has 2 aromatic heterocycles. The summed E-state index contributed by atoms with van der Waals surface area (Å²) in [5.41, 5.74) is 2.35. The first-order valence-electron chi connectivity index (χ1n) is 8.97.